The molecule has 0 aromatic carbocycles. The number of halogens is 1. The van der Waals surface area contributed by atoms with Crippen molar-refractivity contribution in [2.75, 3.05) is 7.05 Å². The second-order valence-electron chi connectivity index (χ2n) is 1.90. The smallest absolute Gasteiger partial charge is 0.177 e. The van der Waals surface area contributed by atoms with E-state index in [1.54, 1.807) is 20.0 Å². The number of Topliss-reactive ketones (excluding diaryl/α,β-unsaturated/α-hetero) is 1. The molecule has 12 heavy (non-hydrogen) atoms. The maximum Gasteiger partial charge on any atom is 0.177 e. The molecule has 0 bridgehead atoms. The van der Waals surface area contributed by atoms with Crippen molar-refractivity contribution in [1.29, 1.82) is 0 Å². The number of carbonyl (C=O) groups is 1. The fourth-order valence-electron chi connectivity index (χ4n) is 0.512. The van der Waals surface area contributed by atoms with Crippen molar-refractivity contribution in [1.82, 2.24) is 0 Å². The van der Waals surface area contributed by atoms with Gasteiger partial charge in [-0.05, 0) is 13.0 Å². The monoisotopic (exact) mass is 189 g/mol. The van der Waals surface area contributed by atoms with Gasteiger partial charge in [0, 0.05) is 19.0 Å². The van der Waals surface area contributed by atoms with Crippen LogP contribution in [0.2, 0.25) is 0 Å². The van der Waals surface area contributed by atoms with Crippen LogP contribution in [0, 0.1) is 0 Å². The Labute approximate surface area is 79.3 Å². The minimum atomic E-state index is -0.0671. The highest BCUT2D eigenvalue weighted by atomic mass is 35.5. The Hall–Kier alpha value is -0.630. The average molecular weight is 190 g/mol. The van der Waals surface area contributed by atoms with Gasteiger partial charge < -0.3 is 0 Å². The number of ketones is 1. The minimum Gasteiger partial charge on any atom is -0.293 e. The number of carbonyl (C=O) groups excluding carboxylic acids is 1. The van der Waals surface area contributed by atoms with Gasteiger partial charge in [-0.15, -0.1) is 0 Å². The summed E-state index contributed by atoms with van der Waals surface area (Å²) < 4.78 is 0. The Bertz CT molecular complexity index is 191. The number of nitrogens with zero attached hydrogens (tertiary/aromatic N) is 1. The van der Waals surface area contributed by atoms with Gasteiger partial charge >= 0.3 is 0 Å². The number of hydrogen-bond acceptors (Lipinski definition) is 2. The third-order valence-electron chi connectivity index (χ3n) is 0.937. The molecule has 0 atom stereocenters. The number of hydrogen-bond donors (Lipinski definition) is 0. The molecule has 0 unspecified atom stereocenters. The summed E-state index contributed by atoms with van der Waals surface area (Å²) >= 11 is 5.52. The van der Waals surface area contributed by atoms with E-state index < -0.39 is 0 Å². The number of rotatable bonds is 2. The van der Waals surface area contributed by atoms with Crippen LogP contribution in [0.3, 0.4) is 0 Å². The fourth-order valence-corrected chi connectivity index (χ4v) is 0.615. The first kappa shape index (κ1) is 13.9. The lowest BCUT2D eigenvalue weighted by Gasteiger charge is -1.91. The van der Waals surface area contributed by atoms with E-state index in [4.69, 9.17) is 11.6 Å². The maximum absolute atomic E-state index is 10.7. The van der Waals surface area contributed by atoms with E-state index >= 15 is 0 Å². The third kappa shape index (κ3) is 7.48. The van der Waals surface area contributed by atoms with E-state index in [0.29, 0.717) is 10.7 Å². The molecule has 2 nitrogen and oxygen atoms in total. The summed E-state index contributed by atoms with van der Waals surface area (Å²) in [6.45, 7) is 7.16. The molecule has 0 amide bonds. The Balaban J connectivity index is 0. The topological polar surface area (TPSA) is 29.4 Å². The summed E-state index contributed by atoms with van der Waals surface area (Å²) in [5.41, 5.74) is 0.410. The van der Waals surface area contributed by atoms with E-state index in [-0.39, 0.29) is 5.78 Å². The Morgan fingerprint density at radius 1 is 1.33 bits per heavy atom. The second-order valence-corrected chi connectivity index (χ2v) is 2.49. The molecule has 0 N–H and O–H groups in total. The highest BCUT2D eigenvalue weighted by molar-refractivity contribution is 6.45. The molecule has 0 heterocycles. The average Bonchev–Trinajstić information content (AvgIpc) is 2.03. The largest absolute Gasteiger partial charge is 0.293 e. The molecule has 70 valence electrons. The zero-order valence-electron chi connectivity index (χ0n) is 8.31. The standard InChI is InChI=1S/C7H10ClNO.C2H6/c1-5(8)4-7(9-3)6(2)10;1-2/h4H,1-3H3;1-2H3/b5-4+,9-7?;. The van der Waals surface area contributed by atoms with Crippen molar-refractivity contribution < 1.29 is 4.79 Å². The summed E-state index contributed by atoms with van der Waals surface area (Å²) in [5, 5.41) is 0.566. The lowest BCUT2D eigenvalue weighted by atomic mass is 10.2. The summed E-state index contributed by atoms with van der Waals surface area (Å²) in [6, 6.07) is 0. The molecule has 0 aliphatic rings. The molecule has 0 aromatic rings. The lowest BCUT2D eigenvalue weighted by Crippen LogP contribution is -2.05. The predicted octanol–water partition coefficient (Wildman–Crippen LogP) is 2.82. The van der Waals surface area contributed by atoms with Crippen LogP contribution in [-0.4, -0.2) is 18.5 Å². The first-order chi connectivity index (χ1) is 5.57. The molecule has 0 aliphatic carbocycles. The quantitative estimate of drug-likeness (QED) is 0.615. The first-order valence-corrected chi connectivity index (χ1v) is 4.27. The van der Waals surface area contributed by atoms with Gasteiger partial charge in [0.2, 0.25) is 0 Å². The van der Waals surface area contributed by atoms with Gasteiger partial charge in [0.1, 0.15) is 5.71 Å². The molecule has 0 spiro atoms. The van der Waals surface area contributed by atoms with E-state index in [1.165, 1.54) is 6.92 Å². The van der Waals surface area contributed by atoms with Crippen molar-refractivity contribution in [2.24, 2.45) is 4.99 Å². The van der Waals surface area contributed by atoms with Gasteiger partial charge in [-0.25, -0.2) is 0 Å². The Kier molecular flexibility index (Phi) is 9.83. The van der Waals surface area contributed by atoms with Crippen molar-refractivity contribution in [3.8, 4) is 0 Å². The van der Waals surface area contributed by atoms with Crippen LogP contribution >= 0.6 is 11.6 Å². The van der Waals surface area contributed by atoms with Crippen LogP contribution in [0.15, 0.2) is 16.1 Å². The predicted molar refractivity (Wildman–Crippen MR) is 55.0 cm³/mol. The summed E-state index contributed by atoms with van der Waals surface area (Å²) in [5.74, 6) is -0.0671. The molecule has 0 rings (SSSR count). The third-order valence-corrected chi connectivity index (χ3v) is 1.05. The highest BCUT2D eigenvalue weighted by Crippen LogP contribution is 1.98. The van der Waals surface area contributed by atoms with Crippen molar-refractivity contribution in [3.05, 3.63) is 11.1 Å². The second kappa shape index (κ2) is 8.47. The summed E-state index contributed by atoms with van der Waals surface area (Å²) in [4.78, 5) is 14.4. The van der Waals surface area contributed by atoms with Gasteiger partial charge in [0.15, 0.2) is 5.78 Å². The van der Waals surface area contributed by atoms with Gasteiger partial charge in [-0.1, -0.05) is 25.4 Å². The van der Waals surface area contributed by atoms with Crippen molar-refractivity contribution in [3.63, 3.8) is 0 Å². The molecule has 0 radical (unpaired) electrons. The molecule has 0 fully saturated rings. The molecular weight excluding hydrogens is 174 g/mol. The van der Waals surface area contributed by atoms with Crippen LogP contribution in [-0.2, 0) is 4.79 Å². The van der Waals surface area contributed by atoms with Crippen LogP contribution in [0.1, 0.15) is 27.7 Å². The van der Waals surface area contributed by atoms with Crippen LogP contribution in [0.5, 0.6) is 0 Å². The van der Waals surface area contributed by atoms with Gasteiger partial charge in [-0.2, -0.15) is 0 Å². The van der Waals surface area contributed by atoms with E-state index in [9.17, 15) is 4.79 Å². The zero-order chi connectivity index (χ0) is 10.1. The van der Waals surface area contributed by atoms with Crippen LogP contribution < -0.4 is 0 Å². The summed E-state index contributed by atoms with van der Waals surface area (Å²) in [6.07, 6.45) is 1.55. The lowest BCUT2D eigenvalue weighted by molar-refractivity contribution is -0.111. The molecule has 3 heteroatoms. The van der Waals surface area contributed by atoms with Crippen LogP contribution in [0.25, 0.3) is 0 Å². The van der Waals surface area contributed by atoms with Gasteiger partial charge in [0.25, 0.3) is 0 Å². The van der Waals surface area contributed by atoms with Crippen molar-refractivity contribution in [2.45, 2.75) is 27.7 Å². The first-order valence-electron chi connectivity index (χ1n) is 3.89. The molecule has 0 aliphatic heterocycles. The van der Waals surface area contributed by atoms with E-state index in [1.807, 2.05) is 13.8 Å². The van der Waals surface area contributed by atoms with Crippen molar-refractivity contribution >= 4 is 23.1 Å². The highest BCUT2D eigenvalue weighted by Gasteiger charge is 1.99. The fraction of sp³-hybridized carbons (Fsp3) is 0.556. The van der Waals surface area contributed by atoms with Gasteiger partial charge in [0.05, 0.1) is 0 Å². The van der Waals surface area contributed by atoms with E-state index in [2.05, 4.69) is 4.99 Å². The Morgan fingerprint density at radius 2 is 1.75 bits per heavy atom. The molecular formula is C9H16ClNO. The molecule has 0 saturated heterocycles. The molecule has 0 saturated carbocycles. The van der Waals surface area contributed by atoms with Gasteiger partial charge in [-0.3, -0.25) is 9.79 Å². The maximum atomic E-state index is 10.7. The zero-order valence-corrected chi connectivity index (χ0v) is 9.07. The summed E-state index contributed by atoms with van der Waals surface area (Å²) in [7, 11) is 1.56. The molecule has 0 aromatic heterocycles. The minimum absolute atomic E-state index is 0.0671. The SMILES string of the molecule is CC.CN=C(/C=C(\C)Cl)C(C)=O. The van der Waals surface area contributed by atoms with Crippen LogP contribution in [0.4, 0.5) is 0 Å². The van der Waals surface area contributed by atoms with E-state index in [0.717, 1.165) is 0 Å². The normalized spacial score (nSPS) is 11.8. The number of allylic oxidation sites excluding steroid dienone is 2. The number of aliphatic imine (C=N–C) groups is 1. The Morgan fingerprint density at radius 3 is 1.83 bits per heavy atom.